The van der Waals surface area contributed by atoms with E-state index in [0.717, 1.165) is 25.1 Å². The van der Waals surface area contributed by atoms with Crippen LogP contribution in [0, 0.1) is 5.41 Å². The number of amides is 2. The molecule has 24 heavy (non-hydrogen) atoms. The fraction of sp³-hybridized carbons (Fsp3) is 0.579. The van der Waals surface area contributed by atoms with E-state index in [-0.39, 0.29) is 18.5 Å². The molecule has 1 saturated heterocycles. The minimum Gasteiger partial charge on any atom is -0.481 e. The Hall–Kier alpha value is -2.04. The monoisotopic (exact) mass is 330 g/mol. The number of piperidine rings is 1. The number of hydrogen-bond donors (Lipinski definition) is 2. The second-order valence-corrected chi connectivity index (χ2v) is 7.29. The molecule has 130 valence electrons. The lowest BCUT2D eigenvalue weighted by molar-refractivity contribution is -0.137. The Labute approximate surface area is 143 Å². The number of nitrogens with one attached hydrogen (secondary N) is 1. The Bertz CT molecular complexity index is 584. The van der Waals surface area contributed by atoms with Crippen LogP contribution in [0.25, 0.3) is 0 Å². The average molecular weight is 330 g/mol. The van der Waals surface area contributed by atoms with Crippen LogP contribution >= 0.6 is 0 Å². The highest BCUT2D eigenvalue weighted by molar-refractivity contribution is 5.75. The van der Waals surface area contributed by atoms with E-state index in [2.05, 4.69) is 5.32 Å². The average Bonchev–Trinajstić information content (AvgIpc) is 3.32. The van der Waals surface area contributed by atoms with Crippen LogP contribution in [0.5, 0.6) is 0 Å². The van der Waals surface area contributed by atoms with Crippen molar-refractivity contribution in [2.24, 2.45) is 5.41 Å². The number of hydrogen-bond acceptors (Lipinski definition) is 2. The zero-order chi connectivity index (χ0) is 17.0. The van der Waals surface area contributed by atoms with Gasteiger partial charge in [0.05, 0.1) is 0 Å². The molecule has 2 fully saturated rings. The smallest absolute Gasteiger partial charge is 0.317 e. The number of rotatable bonds is 6. The van der Waals surface area contributed by atoms with Crippen LogP contribution in [-0.4, -0.2) is 41.1 Å². The standard InChI is InChI=1S/C19H26N2O3/c22-17(23)8-7-16(13-15-5-2-1-3-6-15)20-18(24)21-12-4-9-19(14-21)10-11-19/h1-3,5-6,16H,4,7-14H2,(H,20,24)(H,22,23). The molecule has 1 aliphatic carbocycles. The number of likely N-dealkylation sites (tertiary alicyclic amines) is 1. The van der Waals surface area contributed by atoms with Crippen molar-refractivity contribution >= 4 is 12.0 Å². The van der Waals surface area contributed by atoms with Crippen molar-refractivity contribution in [3.05, 3.63) is 35.9 Å². The van der Waals surface area contributed by atoms with E-state index in [0.29, 0.717) is 18.3 Å². The van der Waals surface area contributed by atoms with E-state index in [9.17, 15) is 9.59 Å². The minimum atomic E-state index is -0.822. The number of carbonyl (C=O) groups is 2. The van der Waals surface area contributed by atoms with Gasteiger partial charge in [-0.05, 0) is 49.5 Å². The molecule has 5 heteroatoms. The maximum atomic E-state index is 12.6. The van der Waals surface area contributed by atoms with Crippen LogP contribution < -0.4 is 5.32 Å². The number of carbonyl (C=O) groups excluding carboxylic acids is 1. The molecular formula is C19H26N2O3. The normalized spacial score (nSPS) is 19.8. The Morgan fingerprint density at radius 2 is 1.96 bits per heavy atom. The van der Waals surface area contributed by atoms with E-state index in [1.54, 1.807) is 0 Å². The lowest BCUT2D eigenvalue weighted by atomic mass is 9.95. The summed E-state index contributed by atoms with van der Waals surface area (Å²) in [6.07, 6.45) is 5.98. The highest BCUT2D eigenvalue weighted by atomic mass is 16.4. The van der Waals surface area contributed by atoms with Crippen molar-refractivity contribution in [2.75, 3.05) is 13.1 Å². The van der Waals surface area contributed by atoms with Crippen LogP contribution in [0.15, 0.2) is 30.3 Å². The maximum absolute atomic E-state index is 12.6. The van der Waals surface area contributed by atoms with Crippen LogP contribution in [0.3, 0.4) is 0 Å². The summed E-state index contributed by atoms with van der Waals surface area (Å²) < 4.78 is 0. The third kappa shape index (κ3) is 4.49. The summed E-state index contributed by atoms with van der Waals surface area (Å²) in [6.45, 7) is 1.67. The first-order chi connectivity index (χ1) is 11.6. The molecule has 1 atom stereocenters. The van der Waals surface area contributed by atoms with E-state index in [4.69, 9.17) is 5.11 Å². The molecule has 1 aromatic rings. The number of nitrogens with zero attached hydrogens (tertiary/aromatic N) is 1. The first-order valence-corrected chi connectivity index (χ1v) is 8.88. The molecule has 5 nitrogen and oxygen atoms in total. The van der Waals surface area contributed by atoms with E-state index >= 15 is 0 Å². The summed E-state index contributed by atoms with van der Waals surface area (Å²) in [5.41, 5.74) is 1.51. The third-order valence-electron chi connectivity index (χ3n) is 5.26. The predicted octanol–water partition coefficient (Wildman–Crippen LogP) is 3.05. The maximum Gasteiger partial charge on any atom is 0.317 e. The van der Waals surface area contributed by atoms with Gasteiger partial charge in [-0.1, -0.05) is 30.3 Å². The second kappa shape index (κ2) is 7.24. The zero-order valence-corrected chi connectivity index (χ0v) is 14.0. The second-order valence-electron chi connectivity index (χ2n) is 7.29. The lowest BCUT2D eigenvalue weighted by Crippen LogP contribution is -2.49. The number of urea groups is 1. The number of benzene rings is 1. The Balaban J connectivity index is 1.59. The molecule has 3 rings (SSSR count). The summed E-state index contributed by atoms with van der Waals surface area (Å²) in [5.74, 6) is -0.822. The summed E-state index contributed by atoms with van der Waals surface area (Å²) in [7, 11) is 0. The summed E-state index contributed by atoms with van der Waals surface area (Å²) in [6, 6.07) is 9.73. The van der Waals surface area contributed by atoms with Gasteiger partial charge in [0.1, 0.15) is 0 Å². The molecule has 1 saturated carbocycles. The first kappa shape index (κ1) is 16.8. The van der Waals surface area contributed by atoms with Crippen molar-refractivity contribution < 1.29 is 14.7 Å². The van der Waals surface area contributed by atoms with Crippen LogP contribution in [0.1, 0.15) is 44.1 Å². The van der Waals surface area contributed by atoms with E-state index in [1.165, 1.54) is 19.3 Å². The van der Waals surface area contributed by atoms with Gasteiger partial charge in [-0.2, -0.15) is 0 Å². The fourth-order valence-corrected chi connectivity index (χ4v) is 3.65. The van der Waals surface area contributed by atoms with Crippen molar-refractivity contribution in [1.29, 1.82) is 0 Å². The van der Waals surface area contributed by atoms with Gasteiger partial charge in [0.2, 0.25) is 0 Å². The van der Waals surface area contributed by atoms with E-state index in [1.807, 2.05) is 35.2 Å². The molecule has 1 aromatic carbocycles. The molecule has 0 bridgehead atoms. The summed E-state index contributed by atoms with van der Waals surface area (Å²) in [5, 5.41) is 12.0. The third-order valence-corrected chi connectivity index (χ3v) is 5.26. The van der Waals surface area contributed by atoms with Gasteiger partial charge in [0.25, 0.3) is 0 Å². The van der Waals surface area contributed by atoms with E-state index < -0.39 is 5.97 Å². The molecule has 1 unspecified atom stereocenters. The largest absolute Gasteiger partial charge is 0.481 e. The quantitative estimate of drug-likeness (QED) is 0.842. The Morgan fingerprint density at radius 3 is 2.62 bits per heavy atom. The van der Waals surface area contributed by atoms with Gasteiger partial charge in [0, 0.05) is 25.6 Å². The highest BCUT2D eigenvalue weighted by Crippen LogP contribution is 2.51. The highest BCUT2D eigenvalue weighted by Gasteiger charge is 2.46. The van der Waals surface area contributed by atoms with Crippen LogP contribution in [0.2, 0.25) is 0 Å². The van der Waals surface area contributed by atoms with Crippen molar-refractivity contribution in [1.82, 2.24) is 10.2 Å². The molecule has 2 amide bonds. The molecule has 2 aliphatic rings. The van der Waals surface area contributed by atoms with Gasteiger partial charge in [-0.25, -0.2) is 4.79 Å². The SMILES string of the molecule is O=C(O)CCC(Cc1ccccc1)NC(=O)N1CCCC2(CC2)C1. The van der Waals surface area contributed by atoms with Gasteiger partial charge < -0.3 is 15.3 Å². The first-order valence-electron chi connectivity index (χ1n) is 8.88. The number of carboxylic acids is 1. The fourth-order valence-electron chi connectivity index (χ4n) is 3.65. The molecule has 1 aliphatic heterocycles. The Kier molecular flexibility index (Phi) is 5.07. The van der Waals surface area contributed by atoms with Crippen LogP contribution in [0.4, 0.5) is 4.79 Å². The van der Waals surface area contributed by atoms with Crippen molar-refractivity contribution in [3.63, 3.8) is 0 Å². The van der Waals surface area contributed by atoms with Crippen molar-refractivity contribution in [3.8, 4) is 0 Å². The van der Waals surface area contributed by atoms with Crippen molar-refractivity contribution in [2.45, 2.75) is 51.0 Å². The Morgan fingerprint density at radius 1 is 1.21 bits per heavy atom. The zero-order valence-electron chi connectivity index (χ0n) is 14.0. The molecule has 0 radical (unpaired) electrons. The van der Waals surface area contributed by atoms with Gasteiger partial charge in [-0.15, -0.1) is 0 Å². The molecule has 1 heterocycles. The summed E-state index contributed by atoms with van der Waals surface area (Å²) >= 11 is 0. The molecule has 1 spiro atoms. The number of carboxylic acid groups (broad SMARTS) is 1. The predicted molar refractivity (Wildman–Crippen MR) is 91.8 cm³/mol. The topological polar surface area (TPSA) is 69.6 Å². The number of aliphatic carboxylic acids is 1. The lowest BCUT2D eigenvalue weighted by Gasteiger charge is -2.34. The van der Waals surface area contributed by atoms with Crippen LogP contribution in [-0.2, 0) is 11.2 Å². The van der Waals surface area contributed by atoms with Gasteiger partial charge >= 0.3 is 12.0 Å². The van der Waals surface area contributed by atoms with Gasteiger partial charge in [0.15, 0.2) is 0 Å². The molecule has 0 aromatic heterocycles. The minimum absolute atomic E-state index is 0.0349. The molecule has 2 N–H and O–H groups in total. The molecular weight excluding hydrogens is 304 g/mol. The van der Waals surface area contributed by atoms with Gasteiger partial charge in [-0.3, -0.25) is 4.79 Å². The summed E-state index contributed by atoms with van der Waals surface area (Å²) in [4.78, 5) is 25.5.